The summed E-state index contributed by atoms with van der Waals surface area (Å²) >= 11 is 6.09. The first kappa shape index (κ1) is 22.1. The second kappa shape index (κ2) is 9.45. The van der Waals surface area contributed by atoms with Crippen LogP contribution in [0.15, 0.2) is 41.1 Å². The molecule has 1 aromatic carbocycles. The van der Waals surface area contributed by atoms with Gasteiger partial charge in [0.1, 0.15) is 6.07 Å². The van der Waals surface area contributed by atoms with Gasteiger partial charge in [0.05, 0.1) is 22.8 Å². The molecule has 2 aromatic heterocycles. The average molecular weight is 442 g/mol. The van der Waals surface area contributed by atoms with Gasteiger partial charge in [0, 0.05) is 30.8 Å². The number of esters is 1. The van der Waals surface area contributed by atoms with Crippen molar-refractivity contribution < 1.29 is 18.8 Å². The Kier molecular flexibility index (Phi) is 6.72. The van der Waals surface area contributed by atoms with Crippen molar-refractivity contribution >= 4 is 23.5 Å². The molecule has 0 aliphatic heterocycles. The maximum atomic E-state index is 12.4. The smallest absolute Gasteiger partial charge is 0.303 e. The molecule has 1 unspecified atom stereocenters. The summed E-state index contributed by atoms with van der Waals surface area (Å²) in [5.41, 5.74) is 1.98. The molecule has 1 N–H and O–H groups in total. The van der Waals surface area contributed by atoms with E-state index in [4.69, 9.17) is 26.1 Å². The number of carbonyl (C=O) groups is 2. The number of ether oxygens (including phenoxy) is 1. The molecule has 0 saturated heterocycles. The molecule has 160 valence electrons. The van der Waals surface area contributed by atoms with Gasteiger partial charge in [-0.3, -0.25) is 14.3 Å². The summed E-state index contributed by atoms with van der Waals surface area (Å²) < 4.78 is 11.8. The highest BCUT2D eigenvalue weighted by molar-refractivity contribution is 6.32. The Balaban J connectivity index is 1.60. The van der Waals surface area contributed by atoms with Crippen LogP contribution in [0.4, 0.5) is 0 Å². The van der Waals surface area contributed by atoms with Crippen molar-refractivity contribution in [1.82, 2.24) is 20.3 Å². The summed E-state index contributed by atoms with van der Waals surface area (Å²) in [4.78, 5) is 23.4. The molecule has 2 atom stereocenters. The van der Waals surface area contributed by atoms with Crippen LogP contribution >= 0.6 is 11.6 Å². The molecule has 10 heteroatoms. The fraction of sp³-hybridized carbons (Fsp3) is 0.286. The van der Waals surface area contributed by atoms with Crippen molar-refractivity contribution in [2.75, 3.05) is 0 Å². The van der Waals surface area contributed by atoms with Gasteiger partial charge in [-0.05, 0) is 32.0 Å². The number of carbonyl (C=O) groups excluding carboxylic acids is 2. The molecule has 3 rings (SSSR count). The molecule has 0 fully saturated rings. The summed E-state index contributed by atoms with van der Waals surface area (Å²) in [6.07, 6.45) is 1.15. The van der Waals surface area contributed by atoms with E-state index in [1.807, 2.05) is 19.1 Å². The van der Waals surface area contributed by atoms with Gasteiger partial charge in [-0.1, -0.05) is 22.8 Å². The minimum Gasteiger partial charge on any atom is -0.455 e. The molecular formula is C21H20ClN5O4. The fourth-order valence-corrected chi connectivity index (χ4v) is 3.12. The van der Waals surface area contributed by atoms with Gasteiger partial charge >= 0.3 is 5.97 Å². The number of hydrogen-bond acceptors (Lipinski definition) is 7. The van der Waals surface area contributed by atoms with Crippen LogP contribution in [0.3, 0.4) is 0 Å². The van der Waals surface area contributed by atoms with Crippen LogP contribution in [-0.2, 0) is 16.1 Å². The molecular weight excluding hydrogens is 422 g/mol. The minimum absolute atomic E-state index is 0.0919. The predicted octanol–water partition coefficient (Wildman–Crippen LogP) is 3.51. The lowest BCUT2D eigenvalue weighted by molar-refractivity contribution is -0.146. The van der Waals surface area contributed by atoms with E-state index in [0.29, 0.717) is 22.8 Å². The molecule has 31 heavy (non-hydrogen) atoms. The number of rotatable bonds is 7. The molecule has 0 aliphatic rings. The number of nitrogens with zero attached hydrogens (tertiary/aromatic N) is 4. The maximum absolute atomic E-state index is 12.4. The standard InChI is InChI=1S/C21H20ClN5O4/c1-12(24-21(29)19-9-20(31-26-19)13(2)30-14(3)28)11-27-7-6-18(25-27)15-4-5-16(10-23)17(22)8-15/h4-9,12-13H,11H2,1-3H3,(H,24,29)/t12-,13?/m0/s1. The van der Waals surface area contributed by atoms with E-state index in [-0.39, 0.29) is 17.5 Å². The molecule has 9 nitrogen and oxygen atoms in total. The third-order valence-corrected chi connectivity index (χ3v) is 4.68. The third-order valence-electron chi connectivity index (χ3n) is 4.37. The molecule has 1 amide bonds. The average Bonchev–Trinajstić information content (AvgIpc) is 3.37. The monoisotopic (exact) mass is 441 g/mol. The Morgan fingerprint density at radius 2 is 2.10 bits per heavy atom. The van der Waals surface area contributed by atoms with Gasteiger partial charge in [0.15, 0.2) is 17.6 Å². The van der Waals surface area contributed by atoms with E-state index in [2.05, 4.69) is 15.6 Å². The van der Waals surface area contributed by atoms with E-state index >= 15 is 0 Å². The first-order valence-electron chi connectivity index (χ1n) is 9.45. The Morgan fingerprint density at radius 3 is 2.77 bits per heavy atom. The number of halogens is 1. The lowest BCUT2D eigenvalue weighted by atomic mass is 10.1. The van der Waals surface area contributed by atoms with Crippen molar-refractivity contribution in [2.24, 2.45) is 0 Å². The molecule has 3 aromatic rings. The number of nitrogens with one attached hydrogen (secondary N) is 1. The normalized spacial score (nSPS) is 12.6. The minimum atomic E-state index is -0.637. The van der Waals surface area contributed by atoms with Crippen LogP contribution in [0.1, 0.15) is 48.7 Å². The SMILES string of the molecule is CC(=O)OC(C)c1cc(C(=O)N[C@@H](C)Cn2ccc(-c3ccc(C#N)c(Cl)c3)n2)no1. The summed E-state index contributed by atoms with van der Waals surface area (Å²) in [6.45, 7) is 5.17. The molecule has 0 bridgehead atoms. The van der Waals surface area contributed by atoms with Crippen LogP contribution in [0.2, 0.25) is 5.02 Å². The highest BCUT2D eigenvalue weighted by atomic mass is 35.5. The Bertz CT molecular complexity index is 1150. The van der Waals surface area contributed by atoms with Crippen molar-refractivity contribution in [1.29, 1.82) is 5.26 Å². The molecule has 0 radical (unpaired) electrons. The molecule has 0 aliphatic carbocycles. The lowest BCUT2D eigenvalue weighted by Gasteiger charge is -2.12. The van der Waals surface area contributed by atoms with Crippen LogP contribution in [0.5, 0.6) is 0 Å². The zero-order valence-corrected chi connectivity index (χ0v) is 17.9. The van der Waals surface area contributed by atoms with Crippen LogP contribution in [0, 0.1) is 11.3 Å². The number of aromatic nitrogens is 3. The van der Waals surface area contributed by atoms with Gasteiger partial charge in [-0.2, -0.15) is 10.4 Å². The molecule has 0 saturated carbocycles. The van der Waals surface area contributed by atoms with E-state index in [0.717, 1.165) is 5.56 Å². The highest BCUT2D eigenvalue weighted by Gasteiger charge is 2.20. The number of hydrogen-bond donors (Lipinski definition) is 1. The quantitative estimate of drug-likeness (QED) is 0.556. The second-order valence-electron chi connectivity index (χ2n) is 6.97. The topological polar surface area (TPSA) is 123 Å². The van der Waals surface area contributed by atoms with Crippen molar-refractivity contribution in [3.8, 4) is 17.3 Å². The first-order valence-corrected chi connectivity index (χ1v) is 9.82. The Morgan fingerprint density at radius 1 is 1.32 bits per heavy atom. The van der Waals surface area contributed by atoms with E-state index in [1.165, 1.54) is 13.0 Å². The zero-order chi connectivity index (χ0) is 22.5. The van der Waals surface area contributed by atoms with Crippen molar-refractivity contribution in [3.05, 3.63) is 58.6 Å². The molecule has 0 spiro atoms. The lowest BCUT2D eigenvalue weighted by Crippen LogP contribution is -2.36. The van der Waals surface area contributed by atoms with Gasteiger partial charge in [0.25, 0.3) is 5.91 Å². The van der Waals surface area contributed by atoms with Crippen LogP contribution in [-0.4, -0.2) is 32.9 Å². The zero-order valence-electron chi connectivity index (χ0n) is 17.1. The van der Waals surface area contributed by atoms with Gasteiger partial charge < -0.3 is 14.6 Å². The second-order valence-corrected chi connectivity index (χ2v) is 7.38. The summed E-state index contributed by atoms with van der Waals surface area (Å²) in [6, 6.07) is 10.2. The fourth-order valence-electron chi connectivity index (χ4n) is 2.90. The van der Waals surface area contributed by atoms with Crippen LogP contribution in [0.25, 0.3) is 11.3 Å². The van der Waals surface area contributed by atoms with E-state index < -0.39 is 18.0 Å². The first-order chi connectivity index (χ1) is 14.8. The molecule has 2 heterocycles. The predicted molar refractivity (Wildman–Crippen MR) is 111 cm³/mol. The number of benzene rings is 1. The van der Waals surface area contributed by atoms with E-state index in [1.54, 1.807) is 36.0 Å². The Hall–Kier alpha value is -3.64. The Labute approximate surface area is 183 Å². The van der Waals surface area contributed by atoms with Crippen LogP contribution < -0.4 is 5.32 Å². The van der Waals surface area contributed by atoms with Crippen molar-refractivity contribution in [2.45, 2.75) is 39.5 Å². The largest absolute Gasteiger partial charge is 0.455 e. The third kappa shape index (κ3) is 5.49. The summed E-state index contributed by atoms with van der Waals surface area (Å²) in [5.74, 6) is -0.583. The number of nitriles is 1. The van der Waals surface area contributed by atoms with Gasteiger partial charge in [-0.15, -0.1) is 0 Å². The summed E-state index contributed by atoms with van der Waals surface area (Å²) in [7, 11) is 0. The number of amides is 1. The van der Waals surface area contributed by atoms with Gasteiger partial charge in [0.2, 0.25) is 0 Å². The van der Waals surface area contributed by atoms with Gasteiger partial charge in [-0.25, -0.2) is 0 Å². The maximum Gasteiger partial charge on any atom is 0.303 e. The highest BCUT2D eigenvalue weighted by Crippen LogP contribution is 2.24. The van der Waals surface area contributed by atoms with E-state index in [9.17, 15) is 9.59 Å². The van der Waals surface area contributed by atoms with Crippen molar-refractivity contribution in [3.63, 3.8) is 0 Å². The summed E-state index contributed by atoms with van der Waals surface area (Å²) in [5, 5.41) is 20.4.